The standard InChI is InChI=1S/C21H29NO7/c1-18-5-7-19(8-6-18)20(26)22-21(15-27-12-2-9-23,16-28-13-3-10-24)17-29-14-4-11-25/h5-11H,2-4,12-17H2,1H3,(H,22,26). The molecule has 1 amide bonds. The topological polar surface area (TPSA) is 108 Å². The molecule has 0 saturated carbocycles. The van der Waals surface area contributed by atoms with Gasteiger partial charge in [-0.3, -0.25) is 4.79 Å². The quantitative estimate of drug-likeness (QED) is 0.306. The summed E-state index contributed by atoms with van der Waals surface area (Å²) >= 11 is 0. The highest BCUT2D eigenvalue weighted by atomic mass is 16.5. The van der Waals surface area contributed by atoms with Crippen LogP contribution in [0.4, 0.5) is 0 Å². The third-order valence-corrected chi connectivity index (χ3v) is 3.97. The minimum atomic E-state index is -1.05. The molecule has 0 aliphatic rings. The molecule has 0 saturated heterocycles. The molecule has 0 atom stereocenters. The van der Waals surface area contributed by atoms with Crippen LogP contribution < -0.4 is 5.32 Å². The van der Waals surface area contributed by atoms with Gasteiger partial charge in [-0.05, 0) is 19.1 Å². The van der Waals surface area contributed by atoms with Crippen molar-refractivity contribution in [2.75, 3.05) is 39.6 Å². The van der Waals surface area contributed by atoms with E-state index in [1.54, 1.807) is 12.1 Å². The number of ether oxygens (including phenoxy) is 3. The Morgan fingerprint density at radius 3 is 1.62 bits per heavy atom. The molecule has 0 aliphatic heterocycles. The highest BCUT2D eigenvalue weighted by Crippen LogP contribution is 2.12. The predicted octanol–water partition coefficient (Wildman–Crippen LogP) is 1.28. The summed E-state index contributed by atoms with van der Waals surface area (Å²) < 4.78 is 16.7. The average molecular weight is 407 g/mol. The molecule has 8 nitrogen and oxygen atoms in total. The van der Waals surface area contributed by atoms with Gasteiger partial charge in [-0.25, -0.2) is 0 Å². The highest BCUT2D eigenvalue weighted by Gasteiger charge is 2.34. The van der Waals surface area contributed by atoms with Crippen LogP contribution in [0.1, 0.15) is 35.2 Å². The van der Waals surface area contributed by atoms with Gasteiger partial charge in [0.25, 0.3) is 5.91 Å². The summed E-state index contributed by atoms with van der Waals surface area (Å²) in [5.41, 5.74) is 0.449. The molecule has 1 aromatic rings. The fraction of sp³-hybridized carbons (Fsp3) is 0.524. The Balaban J connectivity index is 2.93. The van der Waals surface area contributed by atoms with Gasteiger partial charge in [0.1, 0.15) is 24.4 Å². The first-order valence-corrected chi connectivity index (χ1v) is 9.50. The number of rotatable bonds is 17. The van der Waals surface area contributed by atoms with E-state index in [2.05, 4.69) is 5.32 Å². The summed E-state index contributed by atoms with van der Waals surface area (Å²) in [4.78, 5) is 44.4. The van der Waals surface area contributed by atoms with Crippen LogP contribution in [0.3, 0.4) is 0 Å². The number of amides is 1. The molecule has 0 fully saturated rings. The average Bonchev–Trinajstić information content (AvgIpc) is 2.72. The van der Waals surface area contributed by atoms with Crippen LogP contribution in [-0.2, 0) is 28.6 Å². The minimum Gasteiger partial charge on any atom is -0.378 e. The highest BCUT2D eigenvalue weighted by molar-refractivity contribution is 5.94. The SMILES string of the molecule is Cc1ccc(C(=O)NC(COCCC=O)(COCCC=O)COCCC=O)cc1. The zero-order valence-electron chi connectivity index (χ0n) is 16.8. The molecule has 0 radical (unpaired) electrons. The fourth-order valence-corrected chi connectivity index (χ4v) is 2.45. The maximum atomic E-state index is 12.8. The first-order valence-electron chi connectivity index (χ1n) is 9.50. The van der Waals surface area contributed by atoms with Gasteiger partial charge in [0.15, 0.2) is 0 Å². The van der Waals surface area contributed by atoms with E-state index >= 15 is 0 Å². The van der Waals surface area contributed by atoms with Crippen molar-refractivity contribution in [1.29, 1.82) is 0 Å². The molecule has 0 unspecified atom stereocenters. The Kier molecular flexibility index (Phi) is 12.4. The molecular formula is C21H29NO7. The number of hydrogen-bond donors (Lipinski definition) is 1. The normalized spacial score (nSPS) is 11.1. The van der Waals surface area contributed by atoms with Gasteiger partial charge in [0, 0.05) is 24.8 Å². The molecular weight excluding hydrogens is 378 g/mol. The summed E-state index contributed by atoms with van der Waals surface area (Å²) in [7, 11) is 0. The summed E-state index contributed by atoms with van der Waals surface area (Å²) in [5.74, 6) is -0.332. The number of benzene rings is 1. The zero-order valence-corrected chi connectivity index (χ0v) is 16.8. The second kappa shape index (κ2) is 14.6. The molecule has 0 bridgehead atoms. The number of carbonyl (C=O) groups excluding carboxylic acids is 4. The van der Waals surface area contributed by atoms with Crippen molar-refractivity contribution in [3.63, 3.8) is 0 Å². The van der Waals surface area contributed by atoms with Gasteiger partial charge in [0.05, 0.1) is 39.6 Å². The summed E-state index contributed by atoms with van der Waals surface area (Å²) in [6, 6.07) is 7.09. The second-order valence-corrected chi connectivity index (χ2v) is 6.62. The van der Waals surface area contributed by atoms with Gasteiger partial charge < -0.3 is 33.9 Å². The van der Waals surface area contributed by atoms with E-state index in [0.29, 0.717) is 5.56 Å². The maximum absolute atomic E-state index is 12.8. The molecule has 29 heavy (non-hydrogen) atoms. The lowest BCUT2D eigenvalue weighted by molar-refractivity contribution is -0.109. The summed E-state index contributed by atoms with van der Waals surface area (Å²) in [6.45, 7) is 2.62. The number of aldehydes is 3. The van der Waals surface area contributed by atoms with E-state index in [4.69, 9.17) is 14.2 Å². The van der Waals surface area contributed by atoms with Crippen molar-refractivity contribution in [1.82, 2.24) is 5.32 Å². The largest absolute Gasteiger partial charge is 0.378 e. The molecule has 0 heterocycles. The molecule has 0 spiro atoms. The van der Waals surface area contributed by atoms with E-state index in [-0.39, 0.29) is 64.8 Å². The Labute approximate surface area is 170 Å². The van der Waals surface area contributed by atoms with Crippen molar-refractivity contribution in [3.05, 3.63) is 35.4 Å². The predicted molar refractivity (Wildman–Crippen MR) is 106 cm³/mol. The van der Waals surface area contributed by atoms with Crippen molar-refractivity contribution in [3.8, 4) is 0 Å². The van der Waals surface area contributed by atoms with Crippen LogP contribution in [0, 0.1) is 6.92 Å². The Hall–Kier alpha value is -2.42. The van der Waals surface area contributed by atoms with E-state index < -0.39 is 5.54 Å². The lowest BCUT2D eigenvalue weighted by atomic mass is 10.0. The zero-order chi connectivity index (χ0) is 21.4. The van der Waals surface area contributed by atoms with Gasteiger partial charge in [-0.2, -0.15) is 0 Å². The maximum Gasteiger partial charge on any atom is 0.251 e. The lowest BCUT2D eigenvalue weighted by Crippen LogP contribution is -2.58. The monoisotopic (exact) mass is 407 g/mol. The Morgan fingerprint density at radius 2 is 1.24 bits per heavy atom. The first kappa shape index (κ1) is 24.6. The van der Waals surface area contributed by atoms with Crippen LogP contribution >= 0.6 is 0 Å². The van der Waals surface area contributed by atoms with Crippen LogP contribution in [-0.4, -0.2) is 69.9 Å². The van der Waals surface area contributed by atoms with Crippen molar-refractivity contribution in [2.45, 2.75) is 31.7 Å². The van der Waals surface area contributed by atoms with Crippen molar-refractivity contribution in [2.24, 2.45) is 0 Å². The molecule has 1 N–H and O–H groups in total. The van der Waals surface area contributed by atoms with Crippen molar-refractivity contribution < 1.29 is 33.4 Å². The van der Waals surface area contributed by atoms with Crippen LogP contribution in [0.15, 0.2) is 24.3 Å². The van der Waals surface area contributed by atoms with Crippen LogP contribution in [0.5, 0.6) is 0 Å². The first-order chi connectivity index (χ1) is 14.1. The number of nitrogens with one attached hydrogen (secondary N) is 1. The van der Waals surface area contributed by atoms with E-state index in [1.165, 1.54) is 0 Å². The van der Waals surface area contributed by atoms with Crippen molar-refractivity contribution >= 4 is 24.8 Å². The minimum absolute atomic E-state index is 0.0423. The Bertz CT molecular complexity index is 590. The molecule has 1 aromatic carbocycles. The fourth-order valence-electron chi connectivity index (χ4n) is 2.45. The third-order valence-electron chi connectivity index (χ3n) is 3.97. The third kappa shape index (κ3) is 10.1. The smallest absolute Gasteiger partial charge is 0.251 e. The van der Waals surface area contributed by atoms with E-state index in [1.807, 2.05) is 19.1 Å². The van der Waals surface area contributed by atoms with Gasteiger partial charge in [-0.15, -0.1) is 0 Å². The molecule has 1 rings (SSSR count). The van der Waals surface area contributed by atoms with Gasteiger partial charge >= 0.3 is 0 Å². The molecule has 0 aliphatic carbocycles. The number of carbonyl (C=O) groups is 4. The van der Waals surface area contributed by atoms with E-state index in [9.17, 15) is 19.2 Å². The van der Waals surface area contributed by atoms with Crippen LogP contribution in [0.2, 0.25) is 0 Å². The molecule has 8 heteroatoms. The number of aryl methyl sites for hydroxylation is 1. The van der Waals surface area contributed by atoms with Crippen LogP contribution in [0.25, 0.3) is 0 Å². The summed E-state index contributed by atoms with van der Waals surface area (Å²) in [6.07, 6.45) is 2.90. The van der Waals surface area contributed by atoms with Gasteiger partial charge in [-0.1, -0.05) is 17.7 Å². The second-order valence-electron chi connectivity index (χ2n) is 6.62. The molecule has 160 valence electrons. The van der Waals surface area contributed by atoms with E-state index in [0.717, 1.165) is 24.4 Å². The van der Waals surface area contributed by atoms with Gasteiger partial charge in [0.2, 0.25) is 0 Å². The molecule has 0 aromatic heterocycles. The lowest BCUT2D eigenvalue weighted by Gasteiger charge is -2.34. The summed E-state index contributed by atoms with van der Waals surface area (Å²) in [5, 5.41) is 2.92. The number of hydrogen-bond acceptors (Lipinski definition) is 7. The Morgan fingerprint density at radius 1 is 0.828 bits per heavy atom.